The number of thiophene rings is 1. The van der Waals surface area contributed by atoms with Gasteiger partial charge in [-0.15, -0.1) is 11.3 Å². The number of hydrogen-bond donors (Lipinski definition) is 2. The first-order valence-electron chi connectivity index (χ1n) is 12.7. The van der Waals surface area contributed by atoms with Crippen molar-refractivity contribution < 1.29 is 23.1 Å². The molecule has 2 heterocycles. The van der Waals surface area contributed by atoms with Crippen LogP contribution in [0.2, 0.25) is 0 Å². The second-order valence-electron chi connectivity index (χ2n) is 10.8. The molecule has 3 aliphatic rings. The normalized spacial score (nSPS) is 25.0. The number of allylic oxidation sites excluding steroid dienone is 2. The number of aryl methyl sites for hydroxylation is 1. The van der Waals surface area contributed by atoms with Crippen LogP contribution >= 0.6 is 11.3 Å². The summed E-state index contributed by atoms with van der Waals surface area (Å²) in [5.74, 6) is 1.14. The Kier molecular flexibility index (Phi) is 7.80. The summed E-state index contributed by atoms with van der Waals surface area (Å²) in [6.45, 7) is 7.02. The van der Waals surface area contributed by atoms with E-state index in [4.69, 9.17) is 5.11 Å². The van der Waals surface area contributed by atoms with E-state index in [-0.39, 0.29) is 16.5 Å². The van der Waals surface area contributed by atoms with Gasteiger partial charge < -0.3 is 10.4 Å². The standard InChI is InChI=1S/C27H36N2O5S2/c1-18-9-8-14-29(18)36(33,34)25-13-12-23(35-25)26(32)28-17-19-15-20-16-22(27(20,2)3)21(19)10-6-4-5-7-11-24(30)31/h4,6,8-9,12-14,19-22H,5,7,10-11,15-17H2,1-3H3,(H,28,32)(H,30,31)/b6-4+/t19-,20+,21-,22+/m0/s1. The van der Waals surface area contributed by atoms with Crippen molar-refractivity contribution in [2.45, 2.75) is 63.5 Å². The summed E-state index contributed by atoms with van der Waals surface area (Å²) in [7, 11) is -3.70. The Morgan fingerprint density at radius 3 is 2.67 bits per heavy atom. The first kappa shape index (κ1) is 26.7. The molecule has 2 N–H and O–H groups in total. The second-order valence-corrected chi connectivity index (χ2v) is 13.9. The fourth-order valence-corrected chi connectivity index (χ4v) is 8.78. The predicted molar refractivity (Wildman–Crippen MR) is 141 cm³/mol. The van der Waals surface area contributed by atoms with Crippen LogP contribution in [0.4, 0.5) is 0 Å². The average Bonchev–Trinajstić information content (AvgIpc) is 3.50. The molecule has 5 rings (SSSR count). The minimum atomic E-state index is -3.70. The maximum absolute atomic E-state index is 12.9. The summed E-state index contributed by atoms with van der Waals surface area (Å²) in [5, 5.41) is 11.9. The molecule has 7 nitrogen and oxygen atoms in total. The van der Waals surface area contributed by atoms with Crippen LogP contribution in [-0.2, 0) is 14.8 Å². The van der Waals surface area contributed by atoms with E-state index in [0.717, 1.165) is 30.6 Å². The molecule has 1 amide bonds. The third-order valence-electron chi connectivity index (χ3n) is 8.34. The molecular weight excluding hydrogens is 496 g/mol. The molecule has 0 aliphatic heterocycles. The molecule has 196 valence electrons. The van der Waals surface area contributed by atoms with Gasteiger partial charge in [-0.2, -0.15) is 8.42 Å². The SMILES string of the molecule is Cc1cccn1S(=O)(=O)c1ccc(C(=O)NC[C@@H]2C[C@@H]3C[C@H]([C@H]2C/C=C/CCCC(=O)O)C3(C)C)s1. The van der Waals surface area contributed by atoms with Gasteiger partial charge in [-0.1, -0.05) is 26.0 Å². The lowest BCUT2D eigenvalue weighted by atomic mass is 9.43. The van der Waals surface area contributed by atoms with Crippen molar-refractivity contribution in [3.05, 3.63) is 53.2 Å². The van der Waals surface area contributed by atoms with Gasteiger partial charge in [0.1, 0.15) is 4.21 Å². The first-order valence-corrected chi connectivity index (χ1v) is 14.9. The number of nitrogens with one attached hydrogen (secondary N) is 1. The number of carbonyl (C=O) groups excluding carboxylic acids is 1. The lowest BCUT2D eigenvalue weighted by Gasteiger charge is -2.63. The molecule has 0 saturated heterocycles. The van der Waals surface area contributed by atoms with E-state index in [1.165, 1.54) is 22.7 Å². The lowest BCUT2D eigenvalue weighted by Crippen LogP contribution is -2.57. The van der Waals surface area contributed by atoms with E-state index in [0.29, 0.717) is 52.6 Å². The van der Waals surface area contributed by atoms with E-state index < -0.39 is 16.0 Å². The summed E-state index contributed by atoms with van der Waals surface area (Å²) in [6.07, 6.45) is 10.7. The Labute approximate surface area is 217 Å². The van der Waals surface area contributed by atoms with Crippen LogP contribution in [0.5, 0.6) is 0 Å². The highest BCUT2D eigenvalue weighted by molar-refractivity contribution is 7.92. The molecule has 4 atom stereocenters. The number of fused-ring (bicyclic) bond motifs is 2. The molecule has 0 aromatic carbocycles. The molecule has 0 unspecified atom stereocenters. The van der Waals surface area contributed by atoms with Crippen molar-refractivity contribution in [2.75, 3.05) is 6.54 Å². The number of rotatable bonds is 11. The maximum atomic E-state index is 12.9. The van der Waals surface area contributed by atoms with Gasteiger partial charge in [0.15, 0.2) is 0 Å². The number of unbranched alkanes of at least 4 members (excludes halogenated alkanes) is 1. The number of carboxylic acids is 1. The summed E-state index contributed by atoms with van der Waals surface area (Å²) in [5.41, 5.74) is 0.936. The van der Waals surface area contributed by atoms with Gasteiger partial charge in [0.25, 0.3) is 15.9 Å². The Morgan fingerprint density at radius 2 is 2.00 bits per heavy atom. The minimum absolute atomic E-state index is 0.151. The number of carbonyl (C=O) groups is 2. The topological polar surface area (TPSA) is 105 Å². The zero-order valence-electron chi connectivity index (χ0n) is 21.1. The molecule has 2 bridgehead atoms. The fraction of sp³-hybridized carbons (Fsp3) is 0.556. The van der Waals surface area contributed by atoms with Gasteiger partial charge in [-0.25, -0.2) is 3.97 Å². The fourth-order valence-electron chi connectivity index (χ4n) is 6.10. The summed E-state index contributed by atoms with van der Waals surface area (Å²) < 4.78 is 27.2. The monoisotopic (exact) mass is 532 g/mol. The Morgan fingerprint density at radius 1 is 1.22 bits per heavy atom. The van der Waals surface area contributed by atoms with E-state index in [1.807, 2.05) is 0 Å². The van der Waals surface area contributed by atoms with Gasteiger partial charge in [0, 0.05) is 24.9 Å². The quantitative estimate of drug-likeness (QED) is 0.301. The molecule has 9 heteroatoms. The highest BCUT2D eigenvalue weighted by Gasteiger charge is 2.56. The van der Waals surface area contributed by atoms with Crippen molar-refractivity contribution in [3.8, 4) is 0 Å². The zero-order valence-corrected chi connectivity index (χ0v) is 22.8. The Hall–Kier alpha value is -2.39. The van der Waals surface area contributed by atoms with Crippen LogP contribution in [0.15, 0.2) is 46.8 Å². The average molecular weight is 533 g/mol. The van der Waals surface area contributed by atoms with Gasteiger partial charge >= 0.3 is 5.97 Å². The molecule has 2 aromatic heterocycles. The molecule has 36 heavy (non-hydrogen) atoms. The Bertz CT molecular complexity index is 1240. The van der Waals surface area contributed by atoms with E-state index >= 15 is 0 Å². The van der Waals surface area contributed by atoms with Gasteiger partial charge in [0.05, 0.1) is 4.88 Å². The van der Waals surface area contributed by atoms with Crippen LogP contribution in [0.1, 0.15) is 67.7 Å². The van der Waals surface area contributed by atoms with Crippen molar-refractivity contribution in [1.29, 1.82) is 0 Å². The molecule has 2 aromatic rings. The van der Waals surface area contributed by atoms with Crippen LogP contribution in [0.25, 0.3) is 0 Å². The number of aromatic nitrogens is 1. The van der Waals surface area contributed by atoms with Crippen molar-refractivity contribution in [1.82, 2.24) is 9.29 Å². The molecule has 3 fully saturated rings. The summed E-state index contributed by atoms with van der Waals surface area (Å²) >= 11 is 1.00. The predicted octanol–water partition coefficient (Wildman–Crippen LogP) is 5.32. The lowest BCUT2D eigenvalue weighted by molar-refractivity contribution is -0.137. The molecule has 0 radical (unpaired) electrons. The van der Waals surface area contributed by atoms with Crippen molar-refractivity contribution in [3.63, 3.8) is 0 Å². The van der Waals surface area contributed by atoms with Gasteiger partial charge in [-0.05, 0) is 92.4 Å². The van der Waals surface area contributed by atoms with Gasteiger partial charge in [-0.3, -0.25) is 9.59 Å². The number of amides is 1. The number of aliphatic carboxylic acids is 1. The third kappa shape index (κ3) is 5.32. The number of nitrogens with zero attached hydrogens (tertiary/aromatic N) is 1. The largest absolute Gasteiger partial charge is 0.481 e. The highest BCUT2D eigenvalue weighted by Crippen LogP contribution is 2.63. The van der Waals surface area contributed by atoms with E-state index in [1.54, 1.807) is 25.1 Å². The minimum Gasteiger partial charge on any atom is -0.481 e. The number of hydrogen-bond acceptors (Lipinski definition) is 5. The number of carboxylic acid groups (broad SMARTS) is 1. The van der Waals surface area contributed by atoms with Crippen molar-refractivity contribution >= 4 is 33.2 Å². The first-order chi connectivity index (χ1) is 17.0. The summed E-state index contributed by atoms with van der Waals surface area (Å²) in [6, 6.07) is 6.51. The highest BCUT2D eigenvalue weighted by atomic mass is 32.2. The van der Waals surface area contributed by atoms with Crippen LogP contribution < -0.4 is 5.32 Å². The molecule has 3 saturated carbocycles. The van der Waals surface area contributed by atoms with Crippen molar-refractivity contribution in [2.24, 2.45) is 29.1 Å². The van der Waals surface area contributed by atoms with E-state index in [9.17, 15) is 18.0 Å². The van der Waals surface area contributed by atoms with Crippen LogP contribution in [0.3, 0.4) is 0 Å². The molecule has 3 aliphatic carbocycles. The summed E-state index contributed by atoms with van der Waals surface area (Å²) in [4.78, 5) is 24.0. The Balaban J connectivity index is 1.37. The third-order valence-corrected chi connectivity index (χ3v) is 11.7. The molecule has 0 spiro atoms. The van der Waals surface area contributed by atoms with Gasteiger partial charge in [0.2, 0.25) is 0 Å². The maximum Gasteiger partial charge on any atom is 0.303 e. The smallest absolute Gasteiger partial charge is 0.303 e. The van der Waals surface area contributed by atoms with Crippen LogP contribution in [-0.4, -0.2) is 35.9 Å². The molecular formula is C27H36N2O5S2. The van der Waals surface area contributed by atoms with E-state index in [2.05, 4.69) is 31.3 Å². The van der Waals surface area contributed by atoms with Crippen LogP contribution in [0, 0.1) is 36.0 Å². The zero-order chi connectivity index (χ0) is 26.1. The second kappa shape index (κ2) is 10.5.